The van der Waals surface area contributed by atoms with Gasteiger partial charge in [-0.3, -0.25) is 4.79 Å². The fourth-order valence-electron chi connectivity index (χ4n) is 2.95. The average molecular weight is 387 g/mol. The highest BCUT2D eigenvalue weighted by atomic mass is 19.3. The SMILES string of the molecule is CN1CCC(O)(C#Cc2cccc(-c3nc(C(N)O)ccc3C(F)F)c2)C1=O. The van der Waals surface area contributed by atoms with Crippen molar-refractivity contribution in [2.24, 2.45) is 5.73 Å². The van der Waals surface area contributed by atoms with E-state index in [0.29, 0.717) is 17.7 Å². The molecule has 8 heteroatoms. The second-order valence-electron chi connectivity index (χ2n) is 6.59. The standard InChI is InChI=1S/C20H19F2N3O3/c1-25-10-9-20(28,19(25)27)8-7-12-3-2-4-13(11-12)16-14(17(21)22)5-6-15(24-16)18(23)26/h2-6,11,17-18,26,28H,9-10,23H2,1H3. The van der Waals surface area contributed by atoms with E-state index >= 15 is 0 Å². The first-order valence-electron chi connectivity index (χ1n) is 8.55. The van der Waals surface area contributed by atoms with Crippen LogP contribution in [0.4, 0.5) is 8.78 Å². The first kappa shape index (κ1) is 19.9. The molecule has 4 N–H and O–H groups in total. The molecule has 2 atom stereocenters. The minimum absolute atomic E-state index is 0.0176. The molecule has 1 amide bonds. The van der Waals surface area contributed by atoms with Crippen LogP contribution >= 0.6 is 0 Å². The summed E-state index contributed by atoms with van der Waals surface area (Å²) in [6.45, 7) is 0.403. The van der Waals surface area contributed by atoms with E-state index in [1.807, 2.05) is 0 Å². The molecule has 0 spiro atoms. The number of hydrogen-bond donors (Lipinski definition) is 3. The molecule has 0 radical (unpaired) electrons. The Bertz CT molecular complexity index is 969. The Kier molecular flexibility index (Phi) is 5.42. The summed E-state index contributed by atoms with van der Waals surface area (Å²) < 4.78 is 26.8. The average Bonchev–Trinajstić information content (AvgIpc) is 2.94. The van der Waals surface area contributed by atoms with E-state index in [2.05, 4.69) is 16.8 Å². The number of pyridine rings is 1. The topological polar surface area (TPSA) is 99.7 Å². The molecule has 1 fully saturated rings. The predicted molar refractivity (Wildman–Crippen MR) is 97.9 cm³/mol. The lowest BCUT2D eigenvalue weighted by atomic mass is 10.0. The second-order valence-corrected chi connectivity index (χ2v) is 6.59. The number of carbonyl (C=O) groups excluding carboxylic acids is 1. The van der Waals surface area contributed by atoms with Crippen LogP contribution in [0.25, 0.3) is 11.3 Å². The van der Waals surface area contributed by atoms with Crippen molar-refractivity contribution in [1.29, 1.82) is 0 Å². The quantitative estimate of drug-likeness (QED) is 0.549. The summed E-state index contributed by atoms with van der Waals surface area (Å²) in [5.74, 6) is 4.85. The lowest BCUT2D eigenvalue weighted by molar-refractivity contribution is -0.137. The minimum atomic E-state index is -2.77. The summed E-state index contributed by atoms with van der Waals surface area (Å²) in [5, 5.41) is 19.9. The highest BCUT2D eigenvalue weighted by Crippen LogP contribution is 2.31. The van der Waals surface area contributed by atoms with Crippen LogP contribution in [0.15, 0.2) is 36.4 Å². The number of aliphatic hydroxyl groups is 2. The zero-order valence-corrected chi connectivity index (χ0v) is 15.1. The first-order valence-corrected chi connectivity index (χ1v) is 8.55. The third-order valence-electron chi connectivity index (χ3n) is 4.55. The van der Waals surface area contributed by atoms with Crippen LogP contribution in [0.3, 0.4) is 0 Å². The number of amides is 1. The molecule has 2 heterocycles. The Morgan fingerprint density at radius 1 is 1.32 bits per heavy atom. The third kappa shape index (κ3) is 3.87. The molecular weight excluding hydrogens is 368 g/mol. The maximum atomic E-state index is 13.4. The molecule has 2 unspecified atom stereocenters. The van der Waals surface area contributed by atoms with Crippen LogP contribution in [0, 0.1) is 11.8 Å². The van der Waals surface area contributed by atoms with Crippen molar-refractivity contribution >= 4 is 5.91 Å². The lowest BCUT2D eigenvalue weighted by Crippen LogP contribution is -2.37. The van der Waals surface area contributed by atoms with E-state index in [1.165, 1.54) is 23.1 Å². The Labute approximate surface area is 160 Å². The molecule has 2 aromatic rings. The molecule has 1 saturated heterocycles. The number of hydrogen-bond acceptors (Lipinski definition) is 5. The van der Waals surface area contributed by atoms with Crippen LogP contribution in [0.5, 0.6) is 0 Å². The normalized spacial score (nSPS) is 20.2. The van der Waals surface area contributed by atoms with Gasteiger partial charge in [0.2, 0.25) is 5.60 Å². The van der Waals surface area contributed by atoms with Crippen LogP contribution in [0.2, 0.25) is 0 Å². The van der Waals surface area contributed by atoms with Crippen molar-refractivity contribution in [3.63, 3.8) is 0 Å². The molecule has 0 bridgehead atoms. The lowest BCUT2D eigenvalue weighted by Gasteiger charge is -2.13. The Morgan fingerprint density at radius 3 is 2.68 bits per heavy atom. The second kappa shape index (κ2) is 7.64. The van der Waals surface area contributed by atoms with Gasteiger partial charge in [-0.25, -0.2) is 13.8 Å². The number of nitrogens with zero attached hydrogens (tertiary/aromatic N) is 2. The number of likely N-dealkylation sites (tertiary alicyclic amines) is 1. The van der Waals surface area contributed by atoms with Crippen LogP contribution in [-0.2, 0) is 4.79 Å². The number of likely N-dealkylation sites (N-methyl/N-ethyl adjacent to an activating group) is 1. The summed E-state index contributed by atoms with van der Waals surface area (Å²) in [5.41, 5.74) is 4.16. The van der Waals surface area contributed by atoms with Gasteiger partial charge in [0, 0.05) is 36.7 Å². The fourth-order valence-corrected chi connectivity index (χ4v) is 2.95. The van der Waals surface area contributed by atoms with Crippen LogP contribution < -0.4 is 5.73 Å². The van der Waals surface area contributed by atoms with E-state index in [9.17, 15) is 23.8 Å². The van der Waals surface area contributed by atoms with Crippen molar-refractivity contribution in [3.8, 4) is 23.1 Å². The van der Waals surface area contributed by atoms with Crippen molar-refractivity contribution in [1.82, 2.24) is 9.88 Å². The summed E-state index contributed by atoms with van der Waals surface area (Å²) in [6, 6.07) is 8.76. The number of nitrogens with two attached hydrogens (primary N) is 1. The number of rotatable bonds is 3. The van der Waals surface area contributed by atoms with Gasteiger partial charge in [-0.15, -0.1) is 0 Å². The monoisotopic (exact) mass is 387 g/mol. The number of halogens is 2. The minimum Gasteiger partial charge on any atom is -0.373 e. The van der Waals surface area contributed by atoms with Gasteiger partial charge in [-0.1, -0.05) is 24.0 Å². The highest BCUT2D eigenvalue weighted by Gasteiger charge is 2.42. The molecule has 1 aromatic heterocycles. The molecule has 0 saturated carbocycles. The fraction of sp³-hybridized carbons (Fsp3) is 0.300. The molecule has 3 rings (SSSR count). The van der Waals surface area contributed by atoms with Gasteiger partial charge >= 0.3 is 0 Å². The van der Waals surface area contributed by atoms with Crippen molar-refractivity contribution in [2.75, 3.05) is 13.6 Å². The number of alkyl halides is 2. The van der Waals surface area contributed by atoms with E-state index in [4.69, 9.17) is 5.73 Å². The van der Waals surface area contributed by atoms with Gasteiger partial charge < -0.3 is 20.8 Å². The van der Waals surface area contributed by atoms with Crippen LogP contribution in [0.1, 0.15) is 35.9 Å². The van der Waals surface area contributed by atoms with Gasteiger partial charge in [0.05, 0.1) is 11.4 Å². The van der Waals surface area contributed by atoms with Gasteiger partial charge in [0.15, 0.2) is 0 Å². The molecule has 6 nitrogen and oxygen atoms in total. The van der Waals surface area contributed by atoms with Gasteiger partial charge in [-0.2, -0.15) is 0 Å². The molecule has 0 aliphatic carbocycles. The molecule has 28 heavy (non-hydrogen) atoms. The number of benzene rings is 1. The molecule has 1 aliphatic heterocycles. The smallest absolute Gasteiger partial charge is 0.267 e. The molecular formula is C20H19F2N3O3. The van der Waals surface area contributed by atoms with Gasteiger partial charge in [0.25, 0.3) is 12.3 Å². The summed E-state index contributed by atoms with van der Waals surface area (Å²) >= 11 is 0. The van der Waals surface area contributed by atoms with E-state index in [1.54, 1.807) is 25.2 Å². The van der Waals surface area contributed by atoms with E-state index < -0.39 is 24.2 Å². The zero-order valence-electron chi connectivity index (χ0n) is 15.1. The van der Waals surface area contributed by atoms with Crippen molar-refractivity contribution < 1.29 is 23.8 Å². The molecule has 1 aromatic carbocycles. The summed E-state index contributed by atoms with van der Waals surface area (Å²) in [4.78, 5) is 17.5. The largest absolute Gasteiger partial charge is 0.373 e. The highest BCUT2D eigenvalue weighted by molar-refractivity contribution is 5.90. The van der Waals surface area contributed by atoms with E-state index in [-0.39, 0.29) is 23.4 Å². The Balaban J connectivity index is 2.00. The van der Waals surface area contributed by atoms with Gasteiger partial charge in [0.1, 0.15) is 6.23 Å². The first-order chi connectivity index (χ1) is 13.2. The van der Waals surface area contributed by atoms with Crippen molar-refractivity contribution in [3.05, 3.63) is 53.2 Å². The summed E-state index contributed by atoms with van der Waals surface area (Å²) in [7, 11) is 1.58. The third-order valence-corrected chi connectivity index (χ3v) is 4.55. The summed E-state index contributed by atoms with van der Waals surface area (Å²) in [6.07, 6.45) is -3.97. The Hall–Kier alpha value is -2.86. The predicted octanol–water partition coefficient (Wildman–Crippen LogP) is 1.58. The number of aliphatic hydroxyl groups excluding tert-OH is 1. The maximum absolute atomic E-state index is 13.4. The van der Waals surface area contributed by atoms with Crippen molar-refractivity contribution in [2.45, 2.75) is 24.7 Å². The number of aromatic nitrogens is 1. The van der Waals surface area contributed by atoms with E-state index in [0.717, 1.165) is 0 Å². The molecule has 1 aliphatic rings. The zero-order chi connectivity index (χ0) is 20.5. The van der Waals surface area contributed by atoms with Crippen LogP contribution in [-0.4, -0.2) is 45.2 Å². The Morgan fingerprint density at radius 2 is 2.07 bits per heavy atom. The van der Waals surface area contributed by atoms with Gasteiger partial charge in [-0.05, 0) is 24.3 Å². The number of carbonyl (C=O) groups is 1. The maximum Gasteiger partial charge on any atom is 0.267 e. The molecule has 146 valence electrons.